The molecule has 1 heterocycles. The summed E-state index contributed by atoms with van der Waals surface area (Å²) in [6.45, 7) is 2.35. The lowest BCUT2D eigenvalue weighted by Gasteiger charge is -2.41. The molecule has 0 aromatic heterocycles. The Hall–Kier alpha value is -0.0400. The molecule has 4 rings (SSSR count). The normalized spacial score (nSPS) is 67.0. The first-order valence-corrected chi connectivity index (χ1v) is 4.12. The van der Waals surface area contributed by atoms with E-state index in [1.807, 2.05) is 0 Å². The van der Waals surface area contributed by atoms with Gasteiger partial charge in [-0.15, -0.1) is 0 Å². The molecule has 2 bridgehead atoms. The van der Waals surface area contributed by atoms with Gasteiger partial charge in [0.25, 0.3) is 0 Å². The molecule has 1 aliphatic heterocycles. The second-order valence-corrected chi connectivity index (χ2v) is 4.05. The molecule has 1 nitrogen and oxygen atoms in total. The standard InChI is InChI=1S/C8H13N/c1-2-8-3-5(4-8)6-7(8)9-6/h5-7,9H,2-4H2,1H3. The van der Waals surface area contributed by atoms with Gasteiger partial charge in [-0.25, -0.2) is 0 Å². The van der Waals surface area contributed by atoms with Crippen LogP contribution in [0.4, 0.5) is 0 Å². The van der Waals surface area contributed by atoms with Gasteiger partial charge in [0, 0.05) is 12.1 Å². The number of hydrogen-bond donors (Lipinski definition) is 1. The summed E-state index contributed by atoms with van der Waals surface area (Å²) in [5.74, 6) is 1.09. The number of piperidine rings is 2. The summed E-state index contributed by atoms with van der Waals surface area (Å²) in [6, 6.07) is 1.94. The van der Waals surface area contributed by atoms with Crippen molar-refractivity contribution in [2.45, 2.75) is 38.3 Å². The fraction of sp³-hybridized carbons (Fsp3) is 1.00. The number of rotatable bonds is 1. The van der Waals surface area contributed by atoms with E-state index in [1.165, 1.54) is 6.42 Å². The van der Waals surface area contributed by atoms with Crippen molar-refractivity contribution < 1.29 is 0 Å². The van der Waals surface area contributed by atoms with E-state index in [9.17, 15) is 0 Å². The highest BCUT2D eigenvalue weighted by Crippen LogP contribution is 2.66. The van der Waals surface area contributed by atoms with Gasteiger partial charge in [-0.3, -0.25) is 0 Å². The van der Waals surface area contributed by atoms with E-state index in [0.29, 0.717) is 0 Å². The third-order valence-corrected chi connectivity index (χ3v) is 3.83. The van der Waals surface area contributed by atoms with Crippen LogP contribution < -0.4 is 5.32 Å². The van der Waals surface area contributed by atoms with Gasteiger partial charge in [0.05, 0.1) is 0 Å². The van der Waals surface area contributed by atoms with Crippen molar-refractivity contribution >= 4 is 0 Å². The van der Waals surface area contributed by atoms with E-state index >= 15 is 0 Å². The molecule has 3 saturated carbocycles. The first-order valence-electron chi connectivity index (χ1n) is 4.12. The summed E-state index contributed by atoms with van der Waals surface area (Å²) in [5, 5.41) is 3.56. The average molecular weight is 123 g/mol. The van der Waals surface area contributed by atoms with Crippen LogP contribution in [0.25, 0.3) is 0 Å². The van der Waals surface area contributed by atoms with E-state index < -0.39 is 0 Å². The van der Waals surface area contributed by atoms with E-state index in [2.05, 4.69) is 12.2 Å². The lowest BCUT2D eigenvalue weighted by atomic mass is 9.66. The second kappa shape index (κ2) is 1.07. The van der Waals surface area contributed by atoms with Gasteiger partial charge in [0.1, 0.15) is 0 Å². The highest BCUT2D eigenvalue weighted by Gasteiger charge is 2.69. The van der Waals surface area contributed by atoms with Gasteiger partial charge in [-0.2, -0.15) is 0 Å². The quantitative estimate of drug-likeness (QED) is 0.519. The zero-order valence-electron chi connectivity index (χ0n) is 5.85. The Kier molecular flexibility index (Phi) is 0.563. The van der Waals surface area contributed by atoms with Crippen molar-refractivity contribution in [2.24, 2.45) is 11.3 Å². The second-order valence-electron chi connectivity index (χ2n) is 4.05. The Morgan fingerprint density at radius 1 is 1.56 bits per heavy atom. The van der Waals surface area contributed by atoms with Crippen LogP contribution in [0.15, 0.2) is 0 Å². The summed E-state index contributed by atoms with van der Waals surface area (Å²) in [4.78, 5) is 0. The Balaban J connectivity index is 1.96. The highest BCUT2D eigenvalue weighted by molar-refractivity contribution is 5.26. The molecule has 1 N–H and O–H groups in total. The van der Waals surface area contributed by atoms with Crippen LogP contribution in [-0.4, -0.2) is 12.1 Å². The van der Waals surface area contributed by atoms with Crippen molar-refractivity contribution in [3.05, 3.63) is 0 Å². The first kappa shape index (κ1) is 4.73. The lowest BCUT2D eigenvalue weighted by molar-refractivity contribution is 0.101. The van der Waals surface area contributed by atoms with Crippen LogP contribution in [0.1, 0.15) is 26.2 Å². The van der Waals surface area contributed by atoms with Crippen LogP contribution in [0.3, 0.4) is 0 Å². The first-order chi connectivity index (χ1) is 4.36. The van der Waals surface area contributed by atoms with Gasteiger partial charge >= 0.3 is 0 Å². The van der Waals surface area contributed by atoms with Gasteiger partial charge in [0.2, 0.25) is 0 Å². The minimum atomic E-state index is 0.801. The van der Waals surface area contributed by atoms with Crippen molar-refractivity contribution in [3.63, 3.8) is 0 Å². The van der Waals surface area contributed by atoms with Gasteiger partial charge in [-0.05, 0) is 30.6 Å². The maximum Gasteiger partial charge on any atom is 0.0283 e. The zero-order valence-corrected chi connectivity index (χ0v) is 5.85. The lowest BCUT2D eigenvalue weighted by Crippen LogP contribution is -2.37. The van der Waals surface area contributed by atoms with Crippen molar-refractivity contribution in [3.8, 4) is 0 Å². The summed E-state index contributed by atoms with van der Waals surface area (Å²) >= 11 is 0. The van der Waals surface area contributed by atoms with Crippen molar-refractivity contribution in [2.75, 3.05) is 0 Å². The Morgan fingerprint density at radius 3 is 2.56 bits per heavy atom. The average Bonchev–Trinajstić information content (AvgIpc) is 2.41. The van der Waals surface area contributed by atoms with Gasteiger partial charge < -0.3 is 5.32 Å². The molecule has 0 radical (unpaired) electrons. The molecule has 1 heteroatoms. The smallest absolute Gasteiger partial charge is 0.0283 e. The van der Waals surface area contributed by atoms with Crippen LogP contribution in [0.5, 0.6) is 0 Å². The topological polar surface area (TPSA) is 21.9 Å². The van der Waals surface area contributed by atoms with Crippen LogP contribution in [-0.2, 0) is 0 Å². The molecule has 2 unspecified atom stereocenters. The minimum absolute atomic E-state index is 0.801. The van der Waals surface area contributed by atoms with E-state index in [-0.39, 0.29) is 0 Å². The summed E-state index contributed by atoms with van der Waals surface area (Å²) in [6.07, 6.45) is 4.51. The van der Waals surface area contributed by atoms with Crippen molar-refractivity contribution in [1.82, 2.24) is 5.32 Å². The molecule has 2 atom stereocenters. The SMILES string of the molecule is CCC12CC(C1)C1NC12. The predicted molar refractivity (Wildman–Crippen MR) is 36.2 cm³/mol. The molecule has 0 spiro atoms. The highest BCUT2D eigenvalue weighted by atomic mass is 15.2. The molecule has 0 aromatic carbocycles. The maximum absolute atomic E-state index is 3.56. The number of hydrogen-bond acceptors (Lipinski definition) is 1. The maximum atomic E-state index is 3.56. The largest absolute Gasteiger partial charge is 0.307 e. The third-order valence-electron chi connectivity index (χ3n) is 3.83. The molecule has 0 amide bonds. The van der Waals surface area contributed by atoms with Crippen LogP contribution in [0.2, 0.25) is 0 Å². The molecule has 50 valence electrons. The number of nitrogens with one attached hydrogen (secondary N) is 1. The van der Waals surface area contributed by atoms with Crippen LogP contribution >= 0.6 is 0 Å². The molecular formula is C8H13N. The Labute approximate surface area is 55.8 Å². The molecule has 4 aliphatic rings. The molecule has 0 aromatic rings. The molecule has 4 fully saturated rings. The predicted octanol–water partition coefficient (Wildman–Crippen LogP) is 1.15. The minimum Gasteiger partial charge on any atom is -0.307 e. The molecule has 3 aliphatic carbocycles. The fourth-order valence-electron chi connectivity index (χ4n) is 3.12. The Bertz CT molecular complexity index is 158. The fourth-order valence-corrected chi connectivity index (χ4v) is 3.12. The summed E-state index contributed by atoms with van der Waals surface area (Å²) < 4.78 is 0. The molecule has 1 saturated heterocycles. The zero-order chi connectivity index (χ0) is 6.06. The molecule has 9 heavy (non-hydrogen) atoms. The van der Waals surface area contributed by atoms with Crippen molar-refractivity contribution in [1.29, 1.82) is 0 Å². The third kappa shape index (κ3) is 0.337. The van der Waals surface area contributed by atoms with E-state index in [1.54, 1.807) is 12.8 Å². The van der Waals surface area contributed by atoms with Crippen LogP contribution in [0, 0.1) is 11.3 Å². The van der Waals surface area contributed by atoms with E-state index in [0.717, 1.165) is 23.4 Å². The summed E-state index contributed by atoms with van der Waals surface area (Å²) in [7, 11) is 0. The molecular weight excluding hydrogens is 110 g/mol. The van der Waals surface area contributed by atoms with E-state index in [4.69, 9.17) is 0 Å². The Morgan fingerprint density at radius 2 is 2.33 bits per heavy atom. The van der Waals surface area contributed by atoms with Gasteiger partial charge in [-0.1, -0.05) is 6.92 Å². The van der Waals surface area contributed by atoms with Gasteiger partial charge in [0.15, 0.2) is 0 Å². The monoisotopic (exact) mass is 123 g/mol. The summed E-state index contributed by atoms with van der Waals surface area (Å²) in [5.41, 5.74) is 0.801.